The summed E-state index contributed by atoms with van der Waals surface area (Å²) in [7, 11) is 0. The number of fused-ring (bicyclic) bond motifs is 1. The molecule has 9 aromatic carbocycles. The highest BCUT2D eigenvalue weighted by Crippen LogP contribution is 2.42. The molecule has 278 valence electrons. The molecule has 4 heteroatoms. The maximum Gasteiger partial charge on any atom is 0.164 e. The zero-order valence-corrected chi connectivity index (χ0v) is 32.2. The van der Waals surface area contributed by atoms with E-state index in [0.717, 1.165) is 66.8 Å². The fourth-order valence-corrected chi connectivity index (χ4v) is 7.87. The molecule has 0 radical (unpaired) electrons. The van der Waals surface area contributed by atoms with E-state index in [4.69, 9.17) is 15.0 Å². The van der Waals surface area contributed by atoms with Gasteiger partial charge in [-0.15, -0.1) is 0 Å². The largest absolute Gasteiger partial charge is 0.310 e. The van der Waals surface area contributed by atoms with E-state index in [0.29, 0.717) is 17.5 Å². The predicted molar refractivity (Wildman–Crippen MR) is 245 cm³/mol. The van der Waals surface area contributed by atoms with E-state index >= 15 is 0 Å². The van der Waals surface area contributed by atoms with Gasteiger partial charge < -0.3 is 4.90 Å². The van der Waals surface area contributed by atoms with E-state index in [-0.39, 0.29) is 0 Å². The fraction of sp³-hybridized carbons (Fsp3) is 0. The van der Waals surface area contributed by atoms with Crippen LogP contribution in [0, 0.1) is 0 Å². The summed E-state index contributed by atoms with van der Waals surface area (Å²) in [5.41, 5.74) is 12.9. The zero-order valence-electron chi connectivity index (χ0n) is 32.2. The fourth-order valence-electron chi connectivity index (χ4n) is 7.87. The molecule has 10 rings (SSSR count). The van der Waals surface area contributed by atoms with E-state index in [1.807, 2.05) is 60.7 Å². The normalized spacial score (nSPS) is 11.1. The Balaban J connectivity index is 1.15. The third kappa shape index (κ3) is 7.27. The highest BCUT2D eigenvalue weighted by Gasteiger charge is 2.19. The van der Waals surface area contributed by atoms with Crippen molar-refractivity contribution in [2.75, 3.05) is 4.90 Å². The molecule has 0 bridgehead atoms. The molecule has 0 fully saturated rings. The van der Waals surface area contributed by atoms with Gasteiger partial charge in [-0.05, 0) is 75.2 Å². The summed E-state index contributed by atoms with van der Waals surface area (Å²) in [5, 5.41) is 2.19. The van der Waals surface area contributed by atoms with Gasteiger partial charge in [0.05, 0.1) is 0 Å². The Morgan fingerprint density at radius 3 is 1.08 bits per heavy atom. The van der Waals surface area contributed by atoms with Crippen molar-refractivity contribution < 1.29 is 0 Å². The second-order valence-corrected chi connectivity index (χ2v) is 14.5. The lowest BCUT2D eigenvalue weighted by Gasteiger charge is -2.27. The van der Waals surface area contributed by atoms with Crippen LogP contribution in [0.4, 0.5) is 17.1 Å². The zero-order chi connectivity index (χ0) is 39.4. The Morgan fingerprint density at radius 2 is 0.610 bits per heavy atom. The molecule has 0 aliphatic carbocycles. The summed E-state index contributed by atoms with van der Waals surface area (Å²) < 4.78 is 0. The van der Waals surface area contributed by atoms with Gasteiger partial charge in [-0.2, -0.15) is 0 Å². The first-order chi connectivity index (χ1) is 29.2. The van der Waals surface area contributed by atoms with Crippen molar-refractivity contribution in [2.24, 2.45) is 0 Å². The molecule has 10 aromatic rings. The van der Waals surface area contributed by atoms with Gasteiger partial charge in [-0.1, -0.05) is 194 Å². The van der Waals surface area contributed by atoms with Gasteiger partial charge in [0, 0.05) is 39.1 Å². The molecule has 1 heterocycles. The monoisotopic (exact) mass is 754 g/mol. The highest BCUT2D eigenvalue weighted by molar-refractivity contribution is 6.06. The lowest BCUT2D eigenvalue weighted by molar-refractivity contribution is 1.08. The van der Waals surface area contributed by atoms with Gasteiger partial charge in [-0.25, -0.2) is 15.0 Å². The maximum atomic E-state index is 5.15. The average Bonchev–Trinajstić information content (AvgIpc) is 3.32. The first kappa shape index (κ1) is 35.5. The number of anilines is 3. The van der Waals surface area contributed by atoms with Crippen LogP contribution >= 0.6 is 0 Å². The quantitative estimate of drug-likeness (QED) is 0.147. The van der Waals surface area contributed by atoms with Gasteiger partial charge in [-0.3, -0.25) is 0 Å². The van der Waals surface area contributed by atoms with Crippen molar-refractivity contribution in [3.8, 4) is 67.5 Å². The van der Waals surface area contributed by atoms with Gasteiger partial charge in [0.2, 0.25) is 0 Å². The Bertz CT molecular complexity index is 2890. The smallest absolute Gasteiger partial charge is 0.164 e. The lowest BCUT2D eigenvalue weighted by atomic mass is 9.93. The minimum atomic E-state index is 0.629. The number of hydrogen-bond acceptors (Lipinski definition) is 4. The molecule has 0 unspecified atom stereocenters. The summed E-state index contributed by atoms with van der Waals surface area (Å²) in [6, 6.07) is 80.8. The van der Waals surface area contributed by atoms with Gasteiger partial charge in [0.1, 0.15) is 0 Å². The minimum Gasteiger partial charge on any atom is -0.310 e. The van der Waals surface area contributed by atoms with Crippen LogP contribution in [0.25, 0.3) is 78.3 Å². The van der Waals surface area contributed by atoms with Crippen molar-refractivity contribution in [2.45, 2.75) is 0 Å². The molecule has 1 aromatic heterocycles. The Hall–Kier alpha value is -7.95. The third-order valence-corrected chi connectivity index (χ3v) is 10.7. The van der Waals surface area contributed by atoms with E-state index in [1.54, 1.807) is 0 Å². The summed E-state index contributed by atoms with van der Waals surface area (Å²) in [6.07, 6.45) is 0. The molecule has 4 nitrogen and oxygen atoms in total. The standard InChI is InChI=1S/C55H38N4/c1-5-18-39(19-6-1)44-28-13-31-47(36-44)59(48-32-14-29-45(37-48)40-20-7-2-8-21-40)49-33-15-30-46(38-49)50-34-16-26-41-27-17-35-51(52(41)50)55-57-53(42-22-9-3-10-23-42)56-54(58-55)43-24-11-4-12-25-43/h1-38H. The van der Waals surface area contributed by atoms with Crippen molar-refractivity contribution >= 4 is 27.8 Å². The minimum absolute atomic E-state index is 0.629. The van der Waals surface area contributed by atoms with Crippen molar-refractivity contribution in [3.63, 3.8) is 0 Å². The van der Waals surface area contributed by atoms with E-state index in [2.05, 4.69) is 175 Å². The van der Waals surface area contributed by atoms with E-state index in [1.165, 1.54) is 11.1 Å². The first-order valence-electron chi connectivity index (χ1n) is 19.9. The molecule has 0 spiro atoms. The molecule has 0 N–H and O–H groups in total. The predicted octanol–water partition coefficient (Wildman–Crippen LogP) is 14.5. The summed E-state index contributed by atoms with van der Waals surface area (Å²) in [5.74, 6) is 1.90. The molecule has 0 aliphatic rings. The number of nitrogens with zero attached hydrogens (tertiary/aromatic N) is 4. The second kappa shape index (κ2) is 15.9. The van der Waals surface area contributed by atoms with Crippen LogP contribution < -0.4 is 4.90 Å². The SMILES string of the molecule is c1ccc(-c2cccc(N(c3cccc(-c4ccccc4)c3)c3cccc(-c4cccc5cccc(-c6nc(-c7ccccc7)nc(-c7ccccc7)n6)c45)c3)c2)cc1. The van der Waals surface area contributed by atoms with E-state index in [9.17, 15) is 0 Å². The number of rotatable bonds is 9. The molecule has 0 atom stereocenters. The maximum absolute atomic E-state index is 5.15. The van der Waals surface area contributed by atoms with Crippen molar-refractivity contribution in [1.29, 1.82) is 0 Å². The number of benzene rings is 9. The molecule has 0 saturated heterocycles. The Kier molecular flexibility index (Phi) is 9.55. The summed E-state index contributed by atoms with van der Waals surface area (Å²) in [6.45, 7) is 0. The lowest BCUT2D eigenvalue weighted by Crippen LogP contribution is -2.10. The molecule has 59 heavy (non-hydrogen) atoms. The first-order valence-corrected chi connectivity index (χ1v) is 19.9. The number of hydrogen-bond donors (Lipinski definition) is 0. The topological polar surface area (TPSA) is 41.9 Å². The van der Waals surface area contributed by atoms with Crippen LogP contribution in [0.2, 0.25) is 0 Å². The summed E-state index contributed by atoms with van der Waals surface area (Å²) >= 11 is 0. The third-order valence-electron chi connectivity index (χ3n) is 10.7. The van der Waals surface area contributed by atoms with Crippen LogP contribution in [0.1, 0.15) is 0 Å². The van der Waals surface area contributed by atoms with Gasteiger partial charge in [0.25, 0.3) is 0 Å². The summed E-state index contributed by atoms with van der Waals surface area (Å²) in [4.78, 5) is 17.6. The van der Waals surface area contributed by atoms with Gasteiger partial charge in [0.15, 0.2) is 17.5 Å². The molecule has 0 saturated carbocycles. The Labute approximate surface area is 344 Å². The van der Waals surface area contributed by atoms with Crippen molar-refractivity contribution in [1.82, 2.24) is 15.0 Å². The van der Waals surface area contributed by atoms with Crippen LogP contribution in [0.15, 0.2) is 231 Å². The van der Waals surface area contributed by atoms with Crippen molar-refractivity contribution in [3.05, 3.63) is 231 Å². The van der Waals surface area contributed by atoms with Crippen LogP contribution in [-0.4, -0.2) is 15.0 Å². The average molecular weight is 755 g/mol. The molecule has 0 aliphatic heterocycles. The Morgan fingerprint density at radius 1 is 0.254 bits per heavy atom. The molecular formula is C55H38N4. The number of aromatic nitrogens is 3. The second-order valence-electron chi connectivity index (χ2n) is 14.5. The van der Waals surface area contributed by atoms with Crippen LogP contribution in [0.5, 0.6) is 0 Å². The van der Waals surface area contributed by atoms with E-state index < -0.39 is 0 Å². The van der Waals surface area contributed by atoms with Gasteiger partial charge >= 0.3 is 0 Å². The van der Waals surface area contributed by atoms with Crippen LogP contribution in [0.3, 0.4) is 0 Å². The molecule has 0 amide bonds. The highest BCUT2D eigenvalue weighted by atomic mass is 15.1. The molecular weight excluding hydrogens is 717 g/mol. The van der Waals surface area contributed by atoms with Crippen LogP contribution in [-0.2, 0) is 0 Å².